The number of halogens is 1. The van der Waals surface area contributed by atoms with E-state index in [2.05, 4.69) is 0 Å². The van der Waals surface area contributed by atoms with Crippen LogP contribution in [0.1, 0.15) is 0 Å². The standard InChI is InChI=1S/C4H8N2O2.ClH/c5-6-1-2-8-3-4(6)7;/h1-3,5H2;1H. The number of ether oxygens (including phenoxy) is 1. The van der Waals surface area contributed by atoms with Crippen LogP contribution in [0.3, 0.4) is 0 Å². The fourth-order valence-corrected chi connectivity index (χ4v) is 0.530. The smallest absolute Gasteiger partial charge is 0.262 e. The van der Waals surface area contributed by atoms with Crippen LogP contribution in [-0.2, 0) is 9.53 Å². The molecule has 1 aliphatic heterocycles. The van der Waals surface area contributed by atoms with Crippen molar-refractivity contribution in [1.29, 1.82) is 0 Å². The molecule has 2 N–H and O–H groups in total. The lowest BCUT2D eigenvalue weighted by atomic mass is 10.5. The number of hydrazine groups is 1. The summed E-state index contributed by atoms with van der Waals surface area (Å²) in [5.41, 5.74) is 0. The Morgan fingerprint density at radius 2 is 2.33 bits per heavy atom. The zero-order valence-corrected chi connectivity index (χ0v) is 5.69. The summed E-state index contributed by atoms with van der Waals surface area (Å²) in [7, 11) is 0. The molecule has 1 aliphatic rings. The molecule has 0 atom stereocenters. The highest BCUT2D eigenvalue weighted by Gasteiger charge is 2.13. The lowest BCUT2D eigenvalue weighted by Crippen LogP contribution is -2.46. The van der Waals surface area contributed by atoms with Crippen LogP contribution in [0.2, 0.25) is 0 Å². The van der Waals surface area contributed by atoms with Crippen molar-refractivity contribution in [2.45, 2.75) is 0 Å². The van der Waals surface area contributed by atoms with Gasteiger partial charge in [0.25, 0.3) is 5.91 Å². The SMILES string of the molecule is Cl.NN1CCOCC1=O. The first-order chi connectivity index (χ1) is 3.80. The topological polar surface area (TPSA) is 55.6 Å². The molecule has 1 heterocycles. The Balaban J connectivity index is 0.000000640. The third-order valence-electron chi connectivity index (χ3n) is 1.02. The second-order valence-electron chi connectivity index (χ2n) is 1.64. The Bertz CT molecular complexity index is 109. The quantitative estimate of drug-likeness (QED) is 0.363. The summed E-state index contributed by atoms with van der Waals surface area (Å²) in [5.74, 6) is 5.04. The molecule has 1 saturated heterocycles. The number of carbonyl (C=O) groups is 1. The van der Waals surface area contributed by atoms with Crippen LogP contribution in [0.4, 0.5) is 0 Å². The fraction of sp³-hybridized carbons (Fsp3) is 0.750. The maximum absolute atomic E-state index is 10.5. The van der Waals surface area contributed by atoms with E-state index in [-0.39, 0.29) is 24.9 Å². The Hall–Kier alpha value is -0.320. The van der Waals surface area contributed by atoms with E-state index in [1.54, 1.807) is 0 Å². The van der Waals surface area contributed by atoms with Crippen LogP contribution in [0.5, 0.6) is 0 Å². The third kappa shape index (κ3) is 2.17. The van der Waals surface area contributed by atoms with Gasteiger partial charge in [-0.15, -0.1) is 12.4 Å². The lowest BCUT2D eigenvalue weighted by molar-refractivity contribution is -0.142. The Morgan fingerprint density at radius 3 is 2.67 bits per heavy atom. The molecule has 0 bridgehead atoms. The number of amides is 1. The van der Waals surface area contributed by atoms with Crippen LogP contribution in [-0.4, -0.2) is 30.7 Å². The molecule has 0 aromatic heterocycles. The average molecular weight is 153 g/mol. The van der Waals surface area contributed by atoms with Crippen LogP contribution in [0.15, 0.2) is 0 Å². The summed E-state index contributed by atoms with van der Waals surface area (Å²) in [6, 6.07) is 0. The highest BCUT2D eigenvalue weighted by molar-refractivity contribution is 5.85. The highest BCUT2D eigenvalue weighted by atomic mass is 35.5. The van der Waals surface area contributed by atoms with Gasteiger partial charge in [0.15, 0.2) is 0 Å². The van der Waals surface area contributed by atoms with Crippen molar-refractivity contribution in [1.82, 2.24) is 5.01 Å². The minimum atomic E-state index is -0.142. The molecule has 0 spiro atoms. The van der Waals surface area contributed by atoms with E-state index in [0.29, 0.717) is 13.2 Å². The summed E-state index contributed by atoms with van der Waals surface area (Å²) in [6.07, 6.45) is 0. The zero-order valence-electron chi connectivity index (χ0n) is 4.87. The van der Waals surface area contributed by atoms with Crippen molar-refractivity contribution in [3.8, 4) is 0 Å². The zero-order chi connectivity index (χ0) is 5.98. The molecule has 4 nitrogen and oxygen atoms in total. The second kappa shape index (κ2) is 3.66. The Labute approximate surface area is 59.3 Å². The molecule has 1 fully saturated rings. The molecule has 54 valence electrons. The van der Waals surface area contributed by atoms with Gasteiger partial charge in [-0.25, -0.2) is 5.84 Å². The van der Waals surface area contributed by atoms with Gasteiger partial charge in [-0.05, 0) is 0 Å². The lowest BCUT2D eigenvalue weighted by Gasteiger charge is -2.20. The minimum absolute atomic E-state index is 0. The predicted octanol–water partition coefficient (Wildman–Crippen LogP) is -0.859. The Morgan fingerprint density at radius 1 is 1.67 bits per heavy atom. The van der Waals surface area contributed by atoms with E-state index in [9.17, 15) is 4.79 Å². The van der Waals surface area contributed by atoms with Gasteiger partial charge in [-0.3, -0.25) is 9.80 Å². The van der Waals surface area contributed by atoms with Gasteiger partial charge in [-0.2, -0.15) is 0 Å². The summed E-state index contributed by atoms with van der Waals surface area (Å²) in [4.78, 5) is 10.5. The molecule has 1 rings (SSSR count). The number of hydrogen-bond donors (Lipinski definition) is 1. The third-order valence-corrected chi connectivity index (χ3v) is 1.02. The van der Waals surface area contributed by atoms with Gasteiger partial charge in [0.2, 0.25) is 0 Å². The molecule has 0 aromatic rings. The first kappa shape index (κ1) is 8.68. The average Bonchev–Trinajstić information content (AvgIpc) is 1.77. The molecule has 1 amide bonds. The molecule has 0 unspecified atom stereocenters. The van der Waals surface area contributed by atoms with Gasteiger partial charge >= 0.3 is 0 Å². The monoisotopic (exact) mass is 152 g/mol. The molecule has 0 saturated carbocycles. The summed E-state index contributed by atoms with van der Waals surface area (Å²) in [5, 5.41) is 1.17. The van der Waals surface area contributed by atoms with E-state index < -0.39 is 0 Å². The first-order valence-corrected chi connectivity index (χ1v) is 2.43. The molecular formula is C4H9ClN2O2. The second-order valence-corrected chi connectivity index (χ2v) is 1.64. The molecule has 0 aromatic carbocycles. The first-order valence-electron chi connectivity index (χ1n) is 2.43. The number of nitrogens with zero attached hydrogens (tertiary/aromatic N) is 1. The van der Waals surface area contributed by atoms with Crippen molar-refractivity contribution >= 4 is 18.3 Å². The van der Waals surface area contributed by atoms with E-state index in [0.717, 1.165) is 0 Å². The van der Waals surface area contributed by atoms with Gasteiger partial charge in [0, 0.05) is 0 Å². The van der Waals surface area contributed by atoms with Crippen molar-refractivity contribution in [3.63, 3.8) is 0 Å². The normalized spacial score (nSPS) is 19.2. The van der Waals surface area contributed by atoms with E-state index in [1.165, 1.54) is 5.01 Å². The molecule has 0 aliphatic carbocycles. The molecule has 5 heteroatoms. The fourth-order valence-electron chi connectivity index (χ4n) is 0.530. The summed E-state index contributed by atoms with van der Waals surface area (Å²) in [6.45, 7) is 1.21. The number of rotatable bonds is 0. The van der Waals surface area contributed by atoms with Gasteiger partial charge in [0.05, 0.1) is 13.2 Å². The van der Waals surface area contributed by atoms with Crippen molar-refractivity contribution in [3.05, 3.63) is 0 Å². The number of nitrogens with two attached hydrogens (primary N) is 1. The maximum Gasteiger partial charge on any atom is 0.262 e. The van der Waals surface area contributed by atoms with E-state index in [4.69, 9.17) is 10.6 Å². The minimum Gasteiger partial charge on any atom is -0.370 e. The molecule has 0 radical (unpaired) electrons. The van der Waals surface area contributed by atoms with Crippen molar-refractivity contribution in [2.24, 2.45) is 5.84 Å². The summed E-state index contributed by atoms with van der Waals surface area (Å²) >= 11 is 0. The van der Waals surface area contributed by atoms with Crippen molar-refractivity contribution < 1.29 is 9.53 Å². The van der Waals surface area contributed by atoms with E-state index >= 15 is 0 Å². The molecule has 9 heavy (non-hydrogen) atoms. The van der Waals surface area contributed by atoms with Crippen LogP contribution in [0, 0.1) is 0 Å². The van der Waals surface area contributed by atoms with E-state index in [1.807, 2.05) is 0 Å². The largest absolute Gasteiger partial charge is 0.370 e. The number of hydrogen-bond acceptors (Lipinski definition) is 3. The predicted molar refractivity (Wildman–Crippen MR) is 34.0 cm³/mol. The molecular weight excluding hydrogens is 144 g/mol. The van der Waals surface area contributed by atoms with Crippen LogP contribution < -0.4 is 5.84 Å². The number of morpholine rings is 1. The van der Waals surface area contributed by atoms with Crippen LogP contribution in [0.25, 0.3) is 0 Å². The summed E-state index contributed by atoms with van der Waals surface area (Å²) < 4.78 is 4.78. The highest BCUT2D eigenvalue weighted by Crippen LogP contribution is 1.89. The Kier molecular flexibility index (Phi) is 3.53. The van der Waals surface area contributed by atoms with Crippen LogP contribution >= 0.6 is 12.4 Å². The van der Waals surface area contributed by atoms with Crippen molar-refractivity contribution in [2.75, 3.05) is 19.8 Å². The van der Waals surface area contributed by atoms with Gasteiger partial charge < -0.3 is 4.74 Å². The van der Waals surface area contributed by atoms with Gasteiger partial charge in [0.1, 0.15) is 6.61 Å². The maximum atomic E-state index is 10.5. The number of carbonyl (C=O) groups excluding carboxylic acids is 1. The van der Waals surface area contributed by atoms with Gasteiger partial charge in [-0.1, -0.05) is 0 Å².